The largest absolute Gasteiger partial charge is 0.481 e. The van der Waals surface area contributed by atoms with E-state index in [0.29, 0.717) is 34.1 Å². The van der Waals surface area contributed by atoms with Crippen LogP contribution in [0.5, 0.6) is 0 Å². The van der Waals surface area contributed by atoms with E-state index in [2.05, 4.69) is 10.3 Å². The first-order valence-corrected chi connectivity index (χ1v) is 8.52. The molecule has 24 heavy (non-hydrogen) atoms. The SMILES string of the molecule is Cc1nc(-c2cccc(F)c2)sc1C(=O)NCCCCCC(=O)O. The smallest absolute Gasteiger partial charge is 0.303 e. The summed E-state index contributed by atoms with van der Waals surface area (Å²) < 4.78 is 13.3. The minimum Gasteiger partial charge on any atom is -0.481 e. The Bertz CT molecular complexity index is 730. The van der Waals surface area contributed by atoms with Crippen molar-refractivity contribution in [3.8, 4) is 10.6 Å². The summed E-state index contributed by atoms with van der Waals surface area (Å²) >= 11 is 1.23. The minimum atomic E-state index is -0.802. The lowest BCUT2D eigenvalue weighted by molar-refractivity contribution is -0.137. The molecule has 0 unspecified atom stereocenters. The van der Waals surface area contributed by atoms with Gasteiger partial charge in [0.25, 0.3) is 5.91 Å². The number of unbranched alkanes of at least 4 members (excludes halogenated alkanes) is 2. The molecule has 2 aromatic rings. The van der Waals surface area contributed by atoms with Crippen molar-refractivity contribution in [3.63, 3.8) is 0 Å². The number of carbonyl (C=O) groups is 2. The van der Waals surface area contributed by atoms with Crippen LogP contribution in [0.25, 0.3) is 10.6 Å². The van der Waals surface area contributed by atoms with Crippen molar-refractivity contribution in [2.24, 2.45) is 0 Å². The van der Waals surface area contributed by atoms with Gasteiger partial charge in [-0.15, -0.1) is 11.3 Å². The number of amides is 1. The van der Waals surface area contributed by atoms with Gasteiger partial charge in [0.2, 0.25) is 0 Å². The van der Waals surface area contributed by atoms with E-state index >= 15 is 0 Å². The van der Waals surface area contributed by atoms with Gasteiger partial charge in [-0.3, -0.25) is 9.59 Å². The zero-order valence-corrected chi connectivity index (χ0v) is 14.2. The third-order valence-corrected chi connectivity index (χ3v) is 4.63. The fourth-order valence-electron chi connectivity index (χ4n) is 2.21. The number of aromatic nitrogens is 1. The van der Waals surface area contributed by atoms with E-state index in [-0.39, 0.29) is 18.1 Å². The summed E-state index contributed by atoms with van der Waals surface area (Å²) in [5.74, 6) is -1.34. The number of benzene rings is 1. The summed E-state index contributed by atoms with van der Waals surface area (Å²) in [6, 6.07) is 6.12. The molecule has 0 fully saturated rings. The summed E-state index contributed by atoms with van der Waals surface area (Å²) in [4.78, 5) is 27.5. The molecule has 0 atom stereocenters. The second-order valence-corrected chi connectivity index (χ2v) is 6.40. The van der Waals surface area contributed by atoms with E-state index in [0.717, 1.165) is 12.8 Å². The molecule has 128 valence electrons. The molecule has 2 rings (SSSR count). The molecule has 0 aliphatic rings. The predicted molar refractivity (Wildman–Crippen MR) is 90.7 cm³/mol. The molecule has 0 aliphatic heterocycles. The monoisotopic (exact) mass is 350 g/mol. The molecule has 0 bridgehead atoms. The Labute approximate surface area is 143 Å². The van der Waals surface area contributed by atoms with Gasteiger partial charge in [-0.2, -0.15) is 0 Å². The van der Waals surface area contributed by atoms with E-state index in [1.807, 2.05) is 0 Å². The Balaban J connectivity index is 1.90. The summed E-state index contributed by atoms with van der Waals surface area (Å²) in [6.45, 7) is 2.24. The Kier molecular flexibility index (Phi) is 6.43. The van der Waals surface area contributed by atoms with Crippen LogP contribution in [-0.4, -0.2) is 28.5 Å². The molecule has 1 aromatic heterocycles. The first kappa shape index (κ1) is 18.1. The second kappa shape index (κ2) is 8.54. The maximum Gasteiger partial charge on any atom is 0.303 e. The lowest BCUT2D eigenvalue weighted by Gasteiger charge is -2.03. The standard InChI is InChI=1S/C17H19FN2O3S/c1-11-15(16(23)19-9-4-2-3-8-14(21)22)24-17(20-11)12-6-5-7-13(18)10-12/h5-7,10H,2-4,8-9H2,1H3,(H,19,23)(H,21,22). The maximum atomic E-state index is 13.3. The van der Waals surface area contributed by atoms with Crippen molar-refractivity contribution in [1.82, 2.24) is 10.3 Å². The van der Waals surface area contributed by atoms with E-state index in [1.165, 1.54) is 23.5 Å². The number of thiazole rings is 1. The fourth-order valence-corrected chi connectivity index (χ4v) is 3.19. The van der Waals surface area contributed by atoms with Gasteiger partial charge in [-0.1, -0.05) is 18.6 Å². The van der Waals surface area contributed by atoms with E-state index in [4.69, 9.17) is 5.11 Å². The number of nitrogens with one attached hydrogen (secondary N) is 1. The number of nitrogens with zero attached hydrogens (tertiary/aromatic N) is 1. The number of carboxylic acids is 1. The summed E-state index contributed by atoms with van der Waals surface area (Å²) in [7, 11) is 0. The lowest BCUT2D eigenvalue weighted by Crippen LogP contribution is -2.24. The number of halogens is 1. The minimum absolute atomic E-state index is 0.152. The molecule has 1 amide bonds. The quantitative estimate of drug-likeness (QED) is 0.713. The van der Waals surface area contributed by atoms with Crippen molar-refractivity contribution in [3.05, 3.63) is 40.7 Å². The molecule has 0 saturated heterocycles. The lowest BCUT2D eigenvalue weighted by atomic mass is 10.2. The molecule has 1 heterocycles. The predicted octanol–water partition coefficient (Wildman–Crippen LogP) is 3.63. The topological polar surface area (TPSA) is 79.3 Å². The highest BCUT2D eigenvalue weighted by molar-refractivity contribution is 7.17. The van der Waals surface area contributed by atoms with Crippen LogP contribution in [0.2, 0.25) is 0 Å². The van der Waals surface area contributed by atoms with Gasteiger partial charge in [0.05, 0.1) is 5.69 Å². The van der Waals surface area contributed by atoms with Crippen molar-refractivity contribution in [2.75, 3.05) is 6.54 Å². The van der Waals surface area contributed by atoms with Crippen molar-refractivity contribution >= 4 is 23.2 Å². The number of carboxylic acid groups (broad SMARTS) is 1. The van der Waals surface area contributed by atoms with Crippen LogP contribution in [0.1, 0.15) is 41.0 Å². The number of aryl methyl sites for hydroxylation is 1. The Morgan fingerprint density at radius 3 is 2.79 bits per heavy atom. The second-order valence-electron chi connectivity index (χ2n) is 5.40. The van der Waals surface area contributed by atoms with Gasteiger partial charge in [-0.25, -0.2) is 9.37 Å². The Morgan fingerprint density at radius 1 is 1.29 bits per heavy atom. The first-order valence-electron chi connectivity index (χ1n) is 7.70. The van der Waals surface area contributed by atoms with Crippen LogP contribution in [-0.2, 0) is 4.79 Å². The summed E-state index contributed by atoms with van der Waals surface area (Å²) in [5.41, 5.74) is 1.26. The van der Waals surface area contributed by atoms with Gasteiger partial charge in [0.1, 0.15) is 15.7 Å². The van der Waals surface area contributed by atoms with Crippen molar-refractivity contribution in [2.45, 2.75) is 32.6 Å². The molecule has 1 aromatic carbocycles. The molecule has 0 aliphatic carbocycles. The Hall–Kier alpha value is -2.28. The van der Waals surface area contributed by atoms with Gasteiger partial charge in [-0.05, 0) is 31.9 Å². The number of carbonyl (C=O) groups excluding carboxylic acids is 1. The highest BCUT2D eigenvalue weighted by Crippen LogP contribution is 2.28. The zero-order valence-electron chi connectivity index (χ0n) is 13.3. The third-order valence-electron chi connectivity index (χ3n) is 3.43. The van der Waals surface area contributed by atoms with Crippen LogP contribution in [0.3, 0.4) is 0 Å². The highest BCUT2D eigenvalue weighted by atomic mass is 32.1. The molecular weight excluding hydrogens is 331 g/mol. The molecule has 7 heteroatoms. The zero-order chi connectivity index (χ0) is 17.5. The molecule has 0 saturated carbocycles. The number of aliphatic carboxylic acids is 1. The summed E-state index contributed by atoms with van der Waals surface area (Å²) in [6.07, 6.45) is 2.24. The van der Waals surface area contributed by atoms with Gasteiger partial charge in [0, 0.05) is 18.5 Å². The fraction of sp³-hybridized carbons (Fsp3) is 0.353. The third kappa shape index (κ3) is 5.13. The first-order chi connectivity index (χ1) is 11.5. The average molecular weight is 350 g/mol. The number of rotatable bonds is 8. The van der Waals surface area contributed by atoms with Gasteiger partial charge < -0.3 is 10.4 Å². The van der Waals surface area contributed by atoms with E-state index < -0.39 is 5.97 Å². The van der Waals surface area contributed by atoms with E-state index in [1.54, 1.807) is 19.1 Å². The summed E-state index contributed by atoms with van der Waals surface area (Å²) in [5, 5.41) is 12.0. The van der Waals surface area contributed by atoms with Crippen LogP contribution in [0.4, 0.5) is 4.39 Å². The number of hydrogen-bond acceptors (Lipinski definition) is 4. The maximum absolute atomic E-state index is 13.3. The average Bonchev–Trinajstić information content (AvgIpc) is 2.92. The molecule has 0 spiro atoms. The molecule has 2 N–H and O–H groups in total. The van der Waals surface area contributed by atoms with Crippen molar-refractivity contribution < 1.29 is 19.1 Å². The highest BCUT2D eigenvalue weighted by Gasteiger charge is 2.16. The van der Waals surface area contributed by atoms with Crippen LogP contribution in [0, 0.1) is 12.7 Å². The molecular formula is C17H19FN2O3S. The van der Waals surface area contributed by atoms with E-state index in [9.17, 15) is 14.0 Å². The van der Waals surface area contributed by atoms with Crippen molar-refractivity contribution in [1.29, 1.82) is 0 Å². The molecule has 0 radical (unpaired) electrons. The van der Waals surface area contributed by atoms with Gasteiger partial charge in [0.15, 0.2) is 0 Å². The molecule has 5 nitrogen and oxygen atoms in total. The van der Waals surface area contributed by atoms with Crippen LogP contribution >= 0.6 is 11.3 Å². The Morgan fingerprint density at radius 2 is 2.08 bits per heavy atom. The normalized spacial score (nSPS) is 10.6. The van der Waals surface area contributed by atoms with Gasteiger partial charge >= 0.3 is 5.97 Å². The number of hydrogen-bond donors (Lipinski definition) is 2. The van der Waals surface area contributed by atoms with Crippen LogP contribution in [0.15, 0.2) is 24.3 Å². The van der Waals surface area contributed by atoms with Crippen LogP contribution < -0.4 is 5.32 Å².